The Morgan fingerprint density at radius 2 is 2.06 bits per heavy atom. The largest absolute Gasteiger partial charge is 0.500 e. The Morgan fingerprint density at radius 3 is 2.67 bits per heavy atom. The number of hydrogen-bond acceptors (Lipinski definition) is 3. The van der Waals surface area contributed by atoms with Crippen LogP contribution in [0.25, 0.3) is 0 Å². The molecular weight excluding hydrogens is 244 g/mol. The third-order valence-corrected chi connectivity index (χ3v) is 4.59. The standard InChI is InChI=1S/C15H18O2S/c1-11(16)13-9-6-10-14(17-2)15(13)18-12-7-4-3-5-8-12/h3-5,7-8,10,13,15H,6,9H2,1-2H3. The van der Waals surface area contributed by atoms with Crippen LogP contribution >= 0.6 is 11.8 Å². The molecule has 2 unspecified atom stereocenters. The Bertz CT molecular complexity index is 439. The van der Waals surface area contributed by atoms with Gasteiger partial charge < -0.3 is 4.74 Å². The third kappa shape index (κ3) is 2.96. The molecule has 0 radical (unpaired) electrons. The number of carbonyl (C=O) groups is 1. The fraction of sp³-hybridized carbons (Fsp3) is 0.400. The summed E-state index contributed by atoms with van der Waals surface area (Å²) in [7, 11) is 1.69. The molecule has 0 saturated heterocycles. The second kappa shape index (κ2) is 6.10. The smallest absolute Gasteiger partial charge is 0.134 e. The van der Waals surface area contributed by atoms with E-state index in [1.54, 1.807) is 25.8 Å². The Labute approximate surface area is 112 Å². The minimum Gasteiger partial charge on any atom is -0.500 e. The normalized spacial score (nSPS) is 23.3. The minimum atomic E-state index is 0.0650. The summed E-state index contributed by atoms with van der Waals surface area (Å²) in [4.78, 5) is 12.9. The van der Waals surface area contributed by atoms with Gasteiger partial charge >= 0.3 is 0 Å². The molecule has 0 saturated carbocycles. The lowest BCUT2D eigenvalue weighted by Gasteiger charge is -2.29. The van der Waals surface area contributed by atoms with Gasteiger partial charge in [-0.1, -0.05) is 18.2 Å². The van der Waals surface area contributed by atoms with Crippen LogP contribution in [-0.2, 0) is 9.53 Å². The highest BCUT2D eigenvalue weighted by molar-refractivity contribution is 8.00. The Kier molecular flexibility index (Phi) is 4.48. The molecule has 96 valence electrons. The molecule has 0 aliphatic heterocycles. The fourth-order valence-corrected chi connectivity index (χ4v) is 3.68. The number of methoxy groups -OCH3 is 1. The lowest BCUT2D eigenvalue weighted by atomic mass is 9.89. The first kappa shape index (κ1) is 13.2. The van der Waals surface area contributed by atoms with Crippen LogP contribution in [0, 0.1) is 5.92 Å². The van der Waals surface area contributed by atoms with Crippen LogP contribution in [0.15, 0.2) is 47.1 Å². The molecule has 1 aromatic carbocycles. The molecule has 2 nitrogen and oxygen atoms in total. The number of ether oxygens (including phenoxy) is 1. The molecule has 0 spiro atoms. The molecule has 0 aromatic heterocycles. The predicted molar refractivity (Wildman–Crippen MR) is 74.6 cm³/mol. The molecule has 0 amide bonds. The SMILES string of the molecule is COC1=CCCC(C(C)=O)C1Sc1ccccc1. The van der Waals surface area contributed by atoms with E-state index in [0.717, 1.165) is 18.6 Å². The molecule has 2 atom stereocenters. The van der Waals surface area contributed by atoms with E-state index in [0.29, 0.717) is 0 Å². The van der Waals surface area contributed by atoms with Crippen molar-refractivity contribution in [1.82, 2.24) is 0 Å². The predicted octanol–water partition coefficient (Wildman–Crippen LogP) is 3.68. The van der Waals surface area contributed by atoms with Crippen LogP contribution in [-0.4, -0.2) is 18.1 Å². The molecule has 1 aromatic rings. The summed E-state index contributed by atoms with van der Waals surface area (Å²) in [6.45, 7) is 1.68. The zero-order valence-electron chi connectivity index (χ0n) is 10.8. The second-order valence-electron chi connectivity index (χ2n) is 4.46. The van der Waals surface area contributed by atoms with Gasteiger partial charge in [0.05, 0.1) is 12.4 Å². The number of benzene rings is 1. The molecule has 0 bridgehead atoms. The number of hydrogen-bond donors (Lipinski definition) is 0. The monoisotopic (exact) mass is 262 g/mol. The molecular formula is C15H18O2S. The summed E-state index contributed by atoms with van der Waals surface area (Å²) in [5.74, 6) is 1.26. The van der Waals surface area contributed by atoms with E-state index in [9.17, 15) is 4.79 Å². The Morgan fingerprint density at radius 1 is 1.33 bits per heavy atom. The van der Waals surface area contributed by atoms with Crippen molar-refractivity contribution < 1.29 is 9.53 Å². The van der Waals surface area contributed by atoms with Crippen LogP contribution in [0.4, 0.5) is 0 Å². The van der Waals surface area contributed by atoms with E-state index in [2.05, 4.69) is 18.2 Å². The van der Waals surface area contributed by atoms with Gasteiger partial charge in [0.15, 0.2) is 0 Å². The zero-order chi connectivity index (χ0) is 13.0. The first-order valence-corrected chi connectivity index (χ1v) is 7.06. The topological polar surface area (TPSA) is 26.3 Å². The Balaban J connectivity index is 2.21. The quantitative estimate of drug-likeness (QED) is 0.828. The van der Waals surface area contributed by atoms with Gasteiger partial charge in [-0.15, -0.1) is 11.8 Å². The maximum absolute atomic E-state index is 11.8. The van der Waals surface area contributed by atoms with E-state index in [1.807, 2.05) is 18.2 Å². The van der Waals surface area contributed by atoms with E-state index in [-0.39, 0.29) is 17.0 Å². The first-order chi connectivity index (χ1) is 8.72. The average Bonchev–Trinajstić information content (AvgIpc) is 2.40. The number of carbonyl (C=O) groups excluding carboxylic acids is 1. The van der Waals surface area contributed by atoms with Crippen LogP contribution in [0.3, 0.4) is 0 Å². The van der Waals surface area contributed by atoms with Crippen molar-refractivity contribution in [2.24, 2.45) is 5.92 Å². The van der Waals surface area contributed by atoms with Crippen molar-refractivity contribution in [2.45, 2.75) is 29.9 Å². The maximum atomic E-state index is 11.8. The summed E-state index contributed by atoms with van der Waals surface area (Å²) >= 11 is 1.72. The van der Waals surface area contributed by atoms with Crippen LogP contribution < -0.4 is 0 Å². The van der Waals surface area contributed by atoms with Crippen LogP contribution in [0.2, 0.25) is 0 Å². The van der Waals surface area contributed by atoms with Gasteiger partial charge in [-0.05, 0) is 38.0 Å². The van der Waals surface area contributed by atoms with Crippen molar-refractivity contribution in [3.63, 3.8) is 0 Å². The number of thioether (sulfide) groups is 1. The third-order valence-electron chi connectivity index (χ3n) is 3.23. The van der Waals surface area contributed by atoms with Gasteiger partial charge in [0, 0.05) is 10.8 Å². The van der Waals surface area contributed by atoms with Crippen molar-refractivity contribution in [3.05, 3.63) is 42.2 Å². The second-order valence-corrected chi connectivity index (χ2v) is 5.67. The van der Waals surface area contributed by atoms with Gasteiger partial charge in [0.2, 0.25) is 0 Å². The Hall–Kier alpha value is -1.22. The summed E-state index contributed by atoms with van der Waals surface area (Å²) in [6.07, 6.45) is 3.96. The summed E-state index contributed by atoms with van der Waals surface area (Å²) in [5.41, 5.74) is 0. The first-order valence-electron chi connectivity index (χ1n) is 6.18. The lowest BCUT2D eigenvalue weighted by Crippen LogP contribution is -2.29. The molecule has 18 heavy (non-hydrogen) atoms. The van der Waals surface area contributed by atoms with Gasteiger partial charge in [0.1, 0.15) is 11.5 Å². The van der Waals surface area contributed by atoms with Crippen molar-refractivity contribution >= 4 is 17.5 Å². The fourth-order valence-electron chi connectivity index (χ4n) is 2.27. The molecule has 0 heterocycles. The summed E-state index contributed by atoms with van der Waals surface area (Å²) in [6, 6.07) is 10.2. The van der Waals surface area contributed by atoms with Gasteiger partial charge in [-0.25, -0.2) is 0 Å². The lowest BCUT2D eigenvalue weighted by molar-refractivity contribution is -0.121. The van der Waals surface area contributed by atoms with Gasteiger partial charge in [-0.2, -0.15) is 0 Å². The van der Waals surface area contributed by atoms with E-state index in [1.165, 1.54) is 4.90 Å². The molecule has 3 heteroatoms. The number of allylic oxidation sites excluding steroid dienone is 1. The number of rotatable bonds is 4. The van der Waals surface area contributed by atoms with Gasteiger partial charge in [0.25, 0.3) is 0 Å². The number of Topliss-reactive ketones (excluding diaryl/α,β-unsaturated/α-hetero) is 1. The molecule has 0 N–H and O–H groups in total. The van der Waals surface area contributed by atoms with Crippen molar-refractivity contribution in [1.29, 1.82) is 0 Å². The summed E-state index contributed by atoms with van der Waals surface area (Å²) < 4.78 is 5.44. The molecule has 1 aliphatic rings. The zero-order valence-corrected chi connectivity index (χ0v) is 11.6. The van der Waals surface area contributed by atoms with E-state index in [4.69, 9.17) is 4.74 Å². The molecule has 1 aliphatic carbocycles. The van der Waals surface area contributed by atoms with Gasteiger partial charge in [-0.3, -0.25) is 4.79 Å². The van der Waals surface area contributed by atoms with E-state index >= 15 is 0 Å². The summed E-state index contributed by atoms with van der Waals surface area (Å²) in [5, 5.41) is 0.114. The van der Waals surface area contributed by atoms with Crippen molar-refractivity contribution in [2.75, 3.05) is 7.11 Å². The van der Waals surface area contributed by atoms with Crippen LogP contribution in [0.1, 0.15) is 19.8 Å². The highest BCUT2D eigenvalue weighted by atomic mass is 32.2. The van der Waals surface area contributed by atoms with E-state index < -0.39 is 0 Å². The minimum absolute atomic E-state index is 0.0650. The highest BCUT2D eigenvalue weighted by Gasteiger charge is 2.32. The molecule has 0 fully saturated rings. The highest BCUT2D eigenvalue weighted by Crippen LogP contribution is 2.38. The number of ketones is 1. The van der Waals surface area contributed by atoms with Crippen LogP contribution in [0.5, 0.6) is 0 Å². The average molecular weight is 262 g/mol. The molecule has 2 rings (SSSR count). The van der Waals surface area contributed by atoms with Crippen molar-refractivity contribution in [3.8, 4) is 0 Å². The maximum Gasteiger partial charge on any atom is 0.134 e.